The molecule has 1 N–H and O–H groups in total. The highest BCUT2D eigenvalue weighted by atomic mass is 16.5. The van der Waals surface area contributed by atoms with Crippen molar-refractivity contribution in [3.8, 4) is 5.75 Å². The Morgan fingerprint density at radius 2 is 1.83 bits per heavy atom. The lowest BCUT2D eigenvalue weighted by atomic mass is 9.94. The molecule has 0 aromatic heterocycles. The fraction of sp³-hybridized carbons (Fsp3) is 0.370. The van der Waals surface area contributed by atoms with Gasteiger partial charge in [-0.25, -0.2) is 4.79 Å². The summed E-state index contributed by atoms with van der Waals surface area (Å²) in [6.45, 7) is 3.05. The third-order valence-corrected chi connectivity index (χ3v) is 6.36. The van der Waals surface area contributed by atoms with Gasteiger partial charge in [0.1, 0.15) is 17.6 Å². The molecule has 0 spiro atoms. The molecule has 184 valence electrons. The Balaban J connectivity index is 1.77. The second kappa shape index (κ2) is 9.92. The Hall–Kier alpha value is -3.65. The van der Waals surface area contributed by atoms with Gasteiger partial charge in [-0.2, -0.15) is 0 Å². The zero-order chi connectivity index (χ0) is 25.3. The number of hydrogen-bond donors (Lipinski definition) is 1. The van der Waals surface area contributed by atoms with Crippen molar-refractivity contribution in [2.45, 2.75) is 31.9 Å². The van der Waals surface area contributed by atoms with Gasteiger partial charge in [-0.15, -0.1) is 0 Å². The molecular weight excluding hydrogens is 448 g/mol. The third-order valence-electron chi connectivity index (χ3n) is 6.36. The lowest BCUT2D eigenvalue weighted by Gasteiger charge is -2.26. The van der Waals surface area contributed by atoms with E-state index in [0.717, 1.165) is 17.9 Å². The predicted octanol–water partition coefficient (Wildman–Crippen LogP) is 3.17. The number of methoxy groups -OCH3 is 1. The molecule has 2 atom stereocenters. The average molecular weight is 479 g/mol. The van der Waals surface area contributed by atoms with Crippen molar-refractivity contribution in [3.63, 3.8) is 0 Å². The lowest BCUT2D eigenvalue weighted by molar-refractivity contribution is -0.139. The number of fused-ring (bicyclic) bond motifs is 1. The number of benzene rings is 2. The number of ether oxygens (including phenoxy) is 2. The highest BCUT2D eigenvalue weighted by Crippen LogP contribution is 2.40. The fourth-order valence-corrected chi connectivity index (χ4v) is 4.66. The molecule has 8 nitrogen and oxygen atoms in total. The number of likely N-dealkylation sites (tertiary alicyclic amines) is 1. The van der Waals surface area contributed by atoms with E-state index in [-0.39, 0.29) is 17.4 Å². The second-order valence-corrected chi connectivity index (χ2v) is 9.22. The molecule has 35 heavy (non-hydrogen) atoms. The van der Waals surface area contributed by atoms with Crippen LogP contribution in [-0.4, -0.2) is 73.0 Å². The van der Waals surface area contributed by atoms with Crippen LogP contribution >= 0.6 is 0 Å². The molecule has 0 bridgehead atoms. The smallest absolute Gasteiger partial charge is 0.337 e. The highest BCUT2D eigenvalue weighted by Gasteiger charge is 2.46. The first kappa shape index (κ1) is 24.5. The number of aliphatic hydroxyl groups excluding tert-OH is 1. The largest absolute Gasteiger partial charge is 0.507 e. The number of hydrogen-bond acceptors (Lipinski definition) is 7. The average Bonchev–Trinajstić information content (AvgIpc) is 3.34. The normalized spacial score (nSPS) is 20.8. The second-order valence-electron chi connectivity index (χ2n) is 9.22. The lowest BCUT2D eigenvalue weighted by Crippen LogP contribution is -2.32. The first-order chi connectivity index (χ1) is 16.7. The van der Waals surface area contributed by atoms with Crippen molar-refractivity contribution < 1.29 is 29.0 Å². The Kier molecular flexibility index (Phi) is 6.93. The molecule has 2 aliphatic rings. The molecule has 2 heterocycles. The molecular formula is C27H30N2O6. The van der Waals surface area contributed by atoms with Gasteiger partial charge in [0.25, 0.3) is 11.7 Å². The topological polar surface area (TPSA) is 96.4 Å². The maximum Gasteiger partial charge on any atom is 0.337 e. The van der Waals surface area contributed by atoms with Crippen molar-refractivity contribution in [1.29, 1.82) is 0 Å². The van der Waals surface area contributed by atoms with Gasteiger partial charge in [0.15, 0.2) is 0 Å². The molecule has 2 aromatic carbocycles. The number of ketones is 1. The van der Waals surface area contributed by atoms with Gasteiger partial charge in [0.05, 0.1) is 24.3 Å². The minimum absolute atomic E-state index is 0.0394. The summed E-state index contributed by atoms with van der Waals surface area (Å²) in [6.07, 6.45) is 1.40. The van der Waals surface area contributed by atoms with Crippen LogP contribution in [0.5, 0.6) is 5.75 Å². The first-order valence-corrected chi connectivity index (χ1v) is 11.6. The van der Waals surface area contributed by atoms with Crippen molar-refractivity contribution in [2.24, 2.45) is 0 Å². The standard InChI is InChI=1S/C27H30N2O6/c1-16-14-20-15-19(10-11-21(20)35-16)24(30)22-23(17-6-8-18(9-7-17)27(33)34-4)29(26(32)25(22)31)13-5-12-28(2)3/h6-11,15-16,23,30H,5,12-14H2,1-4H3/b24-22-. The molecule has 0 radical (unpaired) electrons. The Morgan fingerprint density at radius 1 is 1.14 bits per heavy atom. The fourth-order valence-electron chi connectivity index (χ4n) is 4.66. The predicted molar refractivity (Wildman–Crippen MR) is 130 cm³/mol. The van der Waals surface area contributed by atoms with E-state index >= 15 is 0 Å². The molecule has 2 aliphatic heterocycles. The number of amides is 1. The number of carbonyl (C=O) groups is 3. The number of Topliss-reactive ketones (excluding diaryl/α,β-unsaturated/α-hetero) is 1. The number of esters is 1. The van der Waals surface area contributed by atoms with Gasteiger partial charge < -0.3 is 24.4 Å². The number of aliphatic hydroxyl groups is 1. The van der Waals surface area contributed by atoms with Crippen LogP contribution in [0.1, 0.15) is 46.4 Å². The van der Waals surface area contributed by atoms with E-state index in [1.54, 1.807) is 36.4 Å². The number of carbonyl (C=O) groups excluding carboxylic acids is 3. The van der Waals surface area contributed by atoms with Gasteiger partial charge in [-0.1, -0.05) is 12.1 Å². The van der Waals surface area contributed by atoms with Crippen LogP contribution in [0, 0.1) is 0 Å². The Labute approximate surface area is 204 Å². The quantitative estimate of drug-likeness (QED) is 0.283. The summed E-state index contributed by atoms with van der Waals surface area (Å²) in [5.41, 5.74) is 2.43. The van der Waals surface area contributed by atoms with Crippen molar-refractivity contribution in [3.05, 3.63) is 70.3 Å². The van der Waals surface area contributed by atoms with Crippen LogP contribution < -0.4 is 4.74 Å². The molecule has 1 amide bonds. The van der Waals surface area contributed by atoms with E-state index < -0.39 is 23.7 Å². The molecule has 2 unspecified atom stereocenters. The van der Waals surface area contributed by atoms with Gasteiger partial charge >= 0.3 is 5.97 Å². The molecule has 0 aliphatic carbocycles. The zero-order valence-corrected chi connectivity index (χ0v) is 20.4. The van der Waals surface area contributed by atoms with E-state index in [1.165, 1.54) is 12.0 Å². The van der Waals surface area contributed by atoms with Gasteiger partial charge in [0.2, 0.25) is 0 Å². The molecule has 0 saturated carbocycles. The molecule has 8 heteroatoms. The van der Waals surface area contributed by atoms with Crippen LogP contribution in [0.2, 0.25) is 0 Å². The SMILES string of the molecule is COC(=O)c1ccc(C2/C(=C(/O)c3ccc4c(c3)CC(C)O4)C(=O)C(=O)N2CCCN(C)C)cc1. The summed E-state index contributed by atoms with van der Waals surface area (Å²) in [7, 11) is 5.18. The third kappa shape index (κ3) is 4.79. The van der Waals surface area contributed by atoms with Crippen molar-refractivity contribution >= 4 is 23.4 Å². The molecule has 1 fully saturated rings. The maximum absolute atomic E-state index is 13.2. The van der Waals surface area contributed by atoms with E-state index in [4.69, 9.17) is 9.47 Å². The van der Waals surface area contributed by atoms with E-state index in [2.05, 4.69) is 0 Å². The maximum atomic E-state index is 13.2. The van der Waals surface area contributed by atoms with Gasteiger partial charge in [-0.05, 0) is 75.4 Å². The van der Waals surface area contributed by atoms with Crippen LogP contribution in [0.25, 0.3) is 5.76 Å². The van der Waals surface area contributed by atoms with E-state index in [0.29, 0.717) is 36.1 Å². The molecule has 1 saturated heterocycles. The molecule has 2 aromatic rings. The van der Waals surface area contributed by atoms with Crippen LogP contribution in [0.15, 0.2) is 48.0 Å². The first-order valence-electron chi connectivity index (χ1n) is 11.6. The van der Waals surface area contributed by atoms with Crippen LogP contribution in [0.3, 0.4) is 0 Å². The summed E-state index contributed by atoms with van der Waals surface area (Å²) in [5, 5.41) is 11.3. The summed E-state index contributed by atoms with van der Waals surface area (Å²) >= 11 is 0. The Bertz CT molecular complexity index is 1180. The monoisotopic (exact) mass is 478 g/mol. The number of rotatable bonds is 7. The Morgan fingerprint density at radius 3 is 2.49 bits per heavy atom. The minimum atomic E-state index is -0.771. The molecule has 4 rings (SSSR count). The van der Waals surface area contributed by atoms with Crippen LogP contribution in [-0.2, 0) is 20.7 Å². The summed E-state index contributed by atoms with van der Waals surface area (Å²) < 4.78 is 10.5. The highest BCUT2D eigenvalue weighted by molar-refractivity contribution is 6.46. The summed E-state index contributed by atoms with van der Waals surface area (Å²) in [6, 6.07) is 11.1. The number of nitrogens with zero attached hydrogens (tertiary/aromatic N) is 2. The summed E-state index contributed by atoms with van der Waals surface area (Å²) in [5.74, 6) is -1.31. The summed E-state index contributed by atoms with van der Waals surface area (Å²) in [4.78, 5) is 41.7. The van der Waals surface area contributed by atoms with E-state index in [1.807, 2.05) is 32.0 Å². The van der Waals surface area contributed by atoms with E-state index in [9.17, 15) is 19.5 Å². The van der Waals surface area contributed by atoms with Gasteiger partial charge in [0, 0.05) is 18.5 Å². The van der Waals surface area contributed by atoms with Crippen molar-refractivity contribution in [1.82, 2.24) is 9.80 Å². The zero-order valence-electron chi connectivity index (χ0n) is 20.4. The van der Waals surface area contributed by atoms with Gasteiger partial charge in [-0.3, -0.25) is 9.59 Å². The van der Waals surface area contributed by atoms with Crippen LogP contribution in [0.4, 0.5) is 0 Å². The minimum Gasteiger partial charge on any atom is -0.507 e. The van der Waals surface area contributed by atoms with Crippen molar-refractivity contribution in [2.75, 3.05) is 34.3 Å².